The molecule has 0 unspecified atom stereocenters. The van der Waals surface area contributed by atoms with Crippen LogP contribution in [0.3, 0.4) is 0 Å². The van der Waals surface area contributed by atoms with Crippen molar-refractivity contribution in [2.75, 3.05) is 39.5 Å². The molecule has 0 aliphatic rings. The van der Waals surface area contributed by atoms with Crippen molar-refractivity contribution in [2.24, 2.45) is 17.3 Å². The molecule has 0 atom stereocenters. The summed E-state index contributed by atoms with van der Waals surface area (Å²) >= 11 is 0. The lowest BCUT2D eigenvalue weighted by Crippen LogP contribution is -2.30. The number of nitrogens with zero attached hydrogens (tertiary/aromatic N) is 1. The Bertz CT molecular complexity index is 511. The van der Waals surface area contributed by atoms with E-state index < -0.39 is 0 Å². The molecule has 0 bridgehead atoms. The number of unbranched alkanes of at least 4 members (excludes halogenated alkanes) is 8. The van der Waals surface area contributed by atoms with Crippen LogP contribution in [0, 0.1) is 0 Å². The van der Waals surface area contributed by atoms with Crippen LogP contribution in [-0.4, -0.2) is 44.5 Å². The van der Waals surface area contributed by atoms with Crippen molar-refractivity contribution in [1.29, 1.82) is 0 Å². The van der Waals surface area contributed by atoms with Crippen molar-refractivity contribution in [1.82, 2.24) is 5.01 Å². The van der Waals surface area contributed by atoms with Gasteiger partial charge in [-0.3, -0.25) is 0 Å². The highest BCUT2D eigenvalue weighted by atomic mass is 16.5. The molecule has 0 fully saturated rings. The Morgan fingerprint density at radius 3 is 1.83 bits per heavy atom. The van der Waals surface area contributed by atoms with Crippen LogP contribution in [-0.2, 0) is 9.47 Å². The van der Waals surface area contributed by atoms with Gasteiger partial charge in [0.05, 0.1) is 25.5 Å². The summed E-state index contributed by atoms with van der Waals surface area (Å²) < 4.78 is 11.1. The van der Waals surface area contributed by atoms with E-state index in [1.807, 2.05) is 30.3 Å². The normalized spacial score (nSPS) is 11.7. The fourth-order valence-electron chi connectivity index (χ4n) is 3.05. The van der Waals surface area contributed by atoms with Gasteiger partial charge in [-0.25, -0.2) is 5.84 Å². The fraction of sp³-hybridized carbons (Fsp3) is 0.652. The highest BCUT2D eigenvalue weighted by molar-refractivity contribution is 5.61. The minimum absolute atomic E-state index is 0.615. The van der Waals surface area contributed by atoms with E-state index in [0.29, 0.717) is 32.0 Å². The van der Waals surface area contributed by atoms with Gasteiger partial charge in [-0.1, -0.05) is 75.3 Å². The van der Waals surface area contributed by atoms with E-state index in [0.717, 1.165) is 31.6 Å². The maximum atomic E-state index is 6.05. The van der Waals surface area contributed by atoms with Crippen LogP contribution in [0.4, 0.5) is 0 Å². The van der Waals surface area contributed by atoms with Gasteiger partial charge in [-0.15, -0.1) is 0 Å². The van der Waals surface area contributed by atoms with Crippen molar-refractivity contribution in [2.45, 2.75) is 57.8 Å². The highest BCUT2D eigenvalue weighted by Crippen LogP contribution is 2.10. The van der Waals surface area contributed by atoms with Crippen molar-refractivity contribution in [3.8, 4) is 0 Å². The predicted molar refractivity (Wildman–Crippen MR) is 122 cm³/mol. The molecular weight excluding hydrogens is 364 g/mol. The van der Waals surface area contributed by atoms with Crippen LogP contribution < -0.4 is 17.3 Å². The first-order chi connectivity index (χ1) is 14.2. The molecule has 166 valence electrons. The van der Waals surface area contributed by atoms with Crippen LogP contribution in [0.2, 0.25) is 0 Å². The standard InChI is InChI=1S/C23H42N4O2/c24-15-19-28-17-11-6-4-2-1-3-5-7-12-18-29-20-16-27(26)21-23(25)22-13-9-8-10-14-22/h8-10,13-14,21H,1-7,11-12,15-20,24-26H2/b23-21-. The molecule has 0 radical (unpaired) electrons. The zero-order valence-corrected chi connectivity index (χ0v) is 18.1. The first kappa shape index (κ1) is 25.4. The molecule has 0 heterocycles. The van der Waals surface area contributed by atoms with Crippen molar-refractivity contribution in [3.63, 3.8) is 0 Å². The van der Waals surface area contributed by atoms with Crippen LogP contribution in [0.25, 0.3) is 5.70 Å². The first-order valence-corrected chi connectivity index (χ1v) is 11.1. The third-order valence-corrected chi connectivity index (χ3v) is 4.75. The second-order valence-corrected chi connectivity index (χ2v) is 7.38. The Labute approximate surface area is 177 Å². The summed E-state index contributed by atoms with van der Waals surface area (Å²) in [5, 5.41) is 1.59. The van der Waals surface area contributed by atoms with Crippen LogP contribution in [0.5, 0.6) is 0 Å². The molecule has 6 N–H and O–H groups in total. The largest absolute Gasteiger partial charge is 0.397 e. The summed E-state index contributed by atoms with van der Waals surface area (Å²) in [5.74, 6) is 5.96. The van der Waals surface area contributed by atoms with E-state index in [4.69, 9.17) is 26.8 Å². The van der Waals surface area contributed by atoms with Gasteiger partial charge in [0.2, 0.25) is 0 Å². The van der Waals surface area contributed by atoms with E-state index in [9.17, 15) is 0 Å². The smallest absolute Gasteiger partial charge is 0.0657 e. The minimum atomic E-state index is 0.615. The Kier molecular flexibility index (Phi) is 16.2. The topological polar surface area (TPSA) is 99.8 Å². The molecule has 0 aliphatic carbocycles. The number of ether oxygens (including phenoxy) is 2. The van der Waals surface area contributed by atoms with E-state index in [1.165, 1.54) is 44.9 Å². The van der Waals surface area contributed by atoms with Gasteiger partial charge in [0, 0.05) is 26.0 Å². The first-order valence-electron chi connectivity index (χ1n) is 11.1. The van der Waals surface area contributed by atoms with Gasteiger partial charge in [0.15, 0.2) is 0 Å². The SMILES string of the molecule is NCCOCCCCCCCCCCCOCCN(N)/C=C(\N)c1ccccc1. The van der Waals surface area contributed by atoms with E-state index in [2.05, 4.69) is 0 Å². The highest BCUT2D eigenvalue weighted by Gasteiger charge is 1.99. The molecule has 0 aromatic heterocycles. The number of hydrogen-bond donors (Lipinski definition) is 3. The summed E-state index contributed by atoms with van der Waals surface area (Å²) in [6.07, 6.45) is 13.1. The van der Waals surface area contributed by atoms with Crippen LogP contribution in [0.1, 0.15) is 63.4 Å². The van der Waals surface area contributed by atoms with Crippen LogP contribution in [0.15, 0.2) is 36.5 Å². The fourth-order valence-corrected chi connectivity index (χ4v) is 3.05. The molecule has 0 amide bonds. The Morgan fingerprint density at radius 1 is 0.759 bits per heavy atom. The lowest BCUT2D eigenvalue weighted by molar-refractivity contribution is 0.113. The van der Waals surface area contributed by atoms with E-state index in [1.54, 1.807) is 11.2 Å². The van der Waals surface area contributed by atoms with E-state index >= 15 is 0 Å². The molecule has 1 aromatic rings. The quantitative estimate of drug-likeness (QED) is 0.184. The molecule has 0 saturated heterocycles. The number of nitrogens with two attached hydrogens (primary N) is 3. The third kappa shape index (κ3) is 15.0. The molecule has 1 rings (SSSR count). The maximum absolute atomic E-state index is 6.05. The van der Waals surface area contributed by atoms with Crippen molar-refractivity contribution < 1.29 is 9.47 Å². The van der Waals surface area contributed by atoms with Crippen molar-refractivity contribution >= 4 is 5.70 Å². The number of hydrogen-bond acceptors (Lipinski definition) is 6. The van der Waals surface area contributed by atoms with Gasteiger partial charge in [-0.2, -0.15) is 0 Å². The monoisotopic (exact) mass is 406 g/mol. The number of hydrazine groups is 1. The molecule has 29 heavy (non-hydrogen) atoms. The average molecular weight is 407 g/mol. The van der Waals surface area contributed by atoms with Gasteiger partial charge in [0.25, 0.3) is 0 Å². The molecule has 0 spiro atoms. The Balaban J connectivity index is 1.85. The molecule has 1 aromatic carbocycles. The number of benzene rings is 1. The molecule has 6 nitrogen and oxygen atoms in total. The summed E-state index contributed by atoms with van der Waals surface area (Å²) in [4.78, 5) is 0. The van der Waals surface area contributed by atoms with E-state index in [-0.39, 0.29) is 0 Å². The molecule has 0 saturated carbocycles. The second-order valence-electron chi connectivity index (χ2n) is 7.38. The number of rotatable bonds is 19. The maximum Gasteiger partial charge on any atom is 0.0657 e. The zero-order valence-electron chi connectivity index (χ0n) is 18.1. The second kappa shape index (κ2) is 18.4. The molecule has 6 heteroatoms. The summed E-state index contributed by atoms with van der Waals surface area (Å²) in [6.45, 7) is 4.21. The summed E-state index contributed by atoms with van der Waals surface area (Å²) in [6, 6.07) is 9.82. The van der Waals surface area contributed by atoms with Crippen LogP contribution >= 0.6 is 0 Å². The Hall–Kier alpha value is -1.60. The third-order valence-electron chi connectivity index (χ3n) is 4.75. The summed E-state index contributed by atoms with van der Waals surface area (Å²) in [5.41, 5.74) is 13.1. The molecular formula is C23H42N4O2. The lowest BCUT2D eigenvalue weighted by atomic mass is 10.1. The van der Waals surface area contributed by atoms with Gasteiger partial charge >= 0.3 is 0 Å². The predicted octanol–water partition coefficient (Wildman–Crippen LogP) is 3.62. The summed E-state index contributed by atoms with van der Waals surface area (Å²) in [7, 11) is 0. The van der Waals surface area contributed by atoms with Gasteiger partial charge < -0.3 is 25.9 Å². The lowest BCUT2D eigenvalue weighted by Gasteiger charge is -2.15. The van der Waals surface area contributed by atoms with Gasteiger partial charge in [0.1, 0.15) is 0 Å². The Morgan fingerprint density at radius 2 is 1.28 bits per heavy atom. The minimum Gasteiger partial charge on any atom is -0.397 e. The van der Waals surface area contributed by atoms with Gasteiger partial charge in [-0.05, 0) is 18.4 Å². The molecule has 0 aliphatic heterocycles. The average Bonchev–Trinajstić information content (AvgIpc) is 2.74. The zero-order chi connectivity index (χ0) is 21.0. The van der Waals surface area contributed by atoms with Crippen molar-refractivity contribution in [3.05, 3.63) is 42.1 Å².